The van der Waals surface area contributed by atoms with Crippen LogP contribution in [0, 0.1) is 0 Å². The maximum absolute atomic E-state index is 13.9. The number of carbonyl (C=O) groups is 2. The summed E-state index contributed by atoms with van der Waals surface area (Å²) in [5.74, 6) is -0.292. The van der Waals surface area contributed by atoms with Crippen molar-refractivity contribution in [1.82, 2.24) is 16.0 Å². The lowest BCUT2D eigenvalue weighted by Gasteiger charge is -2.26. The zero-order valence-electron chi connectivity index (χ0n) is 27.7. The third-order valence-electron chi connectivity index (χ3n) is 7.96. The topological polar surface area (TPSA) is 137 Å². The molecule has 11 heteroatoms. The van der Waals surface area contributed by atoms with Gasteiger partial charge in [-0.15, -0.1) is 0 Å². The fraction of sp³-hybridized carbons (Fsp3) is 0.297. The average molecular weight is 673 g/mol. The van der Waals surface area contributed by atoms with E-state index in [0.717, 1.165) is 33.0 Å². The molecule has 3 atom stereocenters. The van der Waals surface area contributed by atoms with E-state index < -0.39 is 34.0 Å². The van der Waals surface area contributed by atoms with Crippen molar-refractivity contribution in [3.05, 3.63) is 131 Å². The molecule has 0 bridgehead atoms. The number of hydrogen-bond donors (Lipinski definition) is 4. The van der Waals surface area contributed by atoms with E-state index in [1.807, 2.05) is 91.9 Å². The van der Waals surface area contributed by atoms with Gasteiger partial charge >= 0.3 is 0 Å². The summed E-state index contributed by atoms with van der Waals surface area (Å²) in [6.07, 6.45) is 0.423. The van der Waals surface area contributed by atoms with Crippen LogP contribution in [0.25, 0.3) is 0 Å². The number of aliphatic hydroxyl groups excluding tert-OH is 1. The van der Waals surface area contributed by atoms with E-state index in [0.29, 0.717) is 13.0 Å². The van der Waals surface area contributed by atoms with Gasteiger partial charge in [-0.1, -0.05) is 72.8 Å². The Kier molecular flexibility index (Phi) is 12.7. The summed E-state index contributed by atoms with van der Waals surface area (Å²) in [5.41, 5.74) is 3.17. The molecular weight excluding hydrogens is 628 g/mol. The molecule has 4 rings (SSSR count). The number of benzene rings is 4. The first-order valence-electron chi connectivity index (χ1n) is 15.8. The highest BCUT2D eigenvalue weighted by Crippen LogP contribution is 2.23. The molecule has 3 unspecified atom stereocenters. The summed E-state index contributed by atoms with van der Waals surface area (Å²) >= 11 is 0. The molecule has 0 aliphatic heterocycles. The minimum absolute atomic E-state index is 0.0849. The first-order valence-corrected chi connectivity index (χ1v) is 17.7. The number of methoxy groups -OCH3 is 1. The Morgan fingerprint density at radius 2 is 1.44 bits per heavy atom. The Morgan fingerprint density at radius 1 is 0.833 bits per heavy atom. The lowest BCUT2D eigenvalue weighted by molar-refractivity contribution is 0.0830. The first-order chi connectivity index (χ1) is 23.0. The average Bonchev–Trinajstić information content (AvgIpc) is 3.08. The van der Waals surface area contributed by atoms with E-state index in [2.05, 4.69) is 16.0 Å². The lowest BCUT2D eigenvalue weighted by atomic mass is 9.99. The van der Waals surface area contributed by atoms with Gasteiger partial charge in [0.25, 0.3) is 11.8 Å². The normalized spacial score (nSPS) is 13.2. The third kappa shape index (κ3) is 10.1. The number of rotatable bonds is 16. The maximum Gasteiger partial charge on any atom is 0.251 e. The molecule has 0 saturated carbocycles. The highest BCUT2D eigenvalue weighted by molar-refractivity contribution is 7.92. The molecule has 4 aromatic rings. The molecule has 4 N–H and O–H groups in total. The van der Waals surface area contributed by atoms with Crippen LogP contribution in [0.4, 0.5) is 5.69 Å². The fourth-order valence-corrected chi connectivity index (χ4v) is 6.38. The quantitative estimate of drug-likeness (QED) is 0.138. The summed E-state index contributed by atoms with van der Waals surface area (Å²) in [4.78, 5) is 27.4. The number of ether oxygens (including phenoxy) is 1. The van der Waals surface area contributed by atoms with Crippen molar-refractivity contribution in [2.45, 2.75) is 45.0 Å². The predicted octanol–water partition coefficient (Wildman–Crippen LogP) is 4.46. The number of nitrogens with one attached hydrogen (secondary N) is 3. The number of aliphatic hydroxyl groups is 1. The Labute approximate surface area is 283 Å². The zero-order valence-corrected chi connectivity index (χ0v) is 28.5. The Bertz CT molecular complexity index is 1770. The van der Waals surface area contributed by atoms with Gasteiger partial charge in [-0.3, -0.25) is 13.9 Å². The van der Waals surface area contributed by atoms with Gasteiger partial charge < -0.3 is 25.8 Å². The second kappa shape index (κ2) is 16.9. The van der Waals surface area contributed by atoms with Crippen molar-refractivity contribution in [2.75, 3.05) is 30.8 Å². The highest BCUT2D eigenvalue weighted by Gasteiger charge is 2.25. The van der Waals surface area contributed by atoms with Gasteiger partial charge in [0.15, 0.2) is 0 Å². The Morgan fingerprint density at radius 3 is 2.04 bits per heavy atom. The van der Waals surface area contributed by atoms with Crippen molar-refractivity contribution in [3.63, 3.8) is 0 Å². The number of nitrogens with zero attached hydrogens (tertiary/aromatic N) is 1. The molecule has 0 aliphatic rings. The van der Waals surface area contributed by atoms with E-state index in [1.165, 1.54) is 18.2 Å². The van der Waals surface area contributed by atoms with Gasteiger partial charge in [-0.25, -0.2) is 8.42 Å². The standard InChI is InChI=1S/C37H44N4O6S/c1-5-41(48(4,45)46)32-22-30(36(43)39-26(2)29-16-10-7-11-17-29)21-31(23-32)37(44)40-34(20-27-13-8-6-9-14-27)35(42)25-38-24-28-15-12-18-33(19-28)47-3/h6-19,21-23,26,34-35,38,42H,5,20,24-25H2,1-4H3,(H,39,43)(H,40,44). The van der Waals surface area contributed by atoms with Crippen molar-refractivity contribution < 1.29 is 27.9 Å². The molecule has 0 spiro atoms. The third-order valence-corrected chi connectivity index (χ3v) is 9.23. The number of carbonyl (C=O) groups excluding carboxylic acids is 2. The molecule has 0 aromatic heterocycles. The monoisotopic (exact) mass is 672 g/mol. The number of sulfonamides is 1. The van der Waals surface area contributed by atoms with Crippen LogP contribution < -0.4 is 25.0 Å². The molecule has 0 heterocycles. The van der Waals surface area contributed by atoms with Crippen molar-refractivity contribution in [1.29, 1.82) is 0 Å². The molecule has 0 aliphatic carbocycles. The van der Waals surface area contributed by atoms with Gasteiger partial charge in [0.2, 0.25) is 10.0 Å². The number of hydrogen-bond acceptors (Lipinski definition) is 7. The van der Waals surface area contributed by atoms with Crippen molar-refractivity contribution in [3.8, 4) is 5.75 Å². The van der Waals surface area contributed by atoms with E-state index in [4.69, 9.17) is 4.74 Å². The lowest BCUT2D eigenvalue weighted by Crippen LogP contribution is -2.48. The number of anilines is 1. The maximum atomic E-state index is 13.9. The molecule has 0 fully saturated rings. The number of amides is 2. The molecule has 48 heavy (non-hydrogen) atoms. The van der Waals surface area contributed by atoms with E-state index in [9.17, 15) is 23.1 Å². The van der Waals surface area contributed by atoms with Crippen LogP contribution in [0.2, 0.25) is 0 Å². The molecule has 254 valence electrons. The summed E-state index contributed by atoms with van der Waals surface area (Å²) in [6.45, 7) is 4.27. The minimum atomic E-state index is -3.72. The van der Waals surface area contributed by atoms with E-state index >= 15 is 0 Å². The van der Waals surface area contributed by atoms with Crippen LogP contribution in [0.15, 0.2) is 103 Å². The van der Waals surface area contributed by atoms with Crippen LogP contribution in [0.1, 0.15) is 57.3 Å². The fourth-order valence-electron chi connectivity index (χ4n) is 5.42. The van der Waals surface area contributed by atoms with Crippen molar-refractivity contribution >= 4 is 27.5 Å². The highest BCUT2D eigenvalue weighted by atomic mass is 32.2. The van der Waals surface area contributed by atoms with Crippen molar-refractivity contribution in [2.24, 2.45) is 0 Å². The molecule has 0 saturated heterocycles. The van der Waals surface area contributed by atoms with Gasteiger partial charge in [0, 0.05) is 30.8 Å². The summed E-state index contributed by atoms with van der Waals surface area (Å²) < 4.78 is 31.8. The van der Waals surface area contributed by atoms with E-state index in [-0.39, 0.29) is 35.9 Å². The van der Waals surface area contributed by atoms with E-state index in [1.54, 1.807) is 14.0 Å². The Hall–Kier alpha value is -4.71. The second-order valence-corrected chi connectivity index (χ2v) is 13.5. The second-order valence-electron chi connectivity index (χ2n) is 11.6. The summed E-state index contributed by atoms with van der Waals surface area (Å²) in [5, 5.41) is 20.5. The first kappa shape index (κ1) is 36.1. The summed E-state index contributed by atoms with van der Waals surface area (Å²) in [7, 11) is -2.12. The minimum Gasteiger partial charge on any atom is -0.497 e. The largest absolute Gasteiger partial charge is 0.497 e. The van der Waals surface area contributed by atoms with Gasteiger partial charge in [-0.05, 0) is 67.3 Å². The molecule has 10 nitrogen and oxygen atoms in total. The summed E-state index contributed by atoms with van der Waals surface area (Å²) in [6, 6.07) is 29.8. The Balaban J connectivity index is 1.60. The smallest absolute Gasteiger partial charge is 0.251 e. The zero-order chi connectivity index (χ0) is 34.7. The SMILES string of the molecule is CCN(c1cc(C(=O)NC(C)c2ccccc2)cc(C(=O)NC(Cc2ccccc2)C(O)CNCc2cccc(OC)c2)c1)S(C)(=O)=O. The van der Waals surface area contributed by atoms with Crippen LogP contribution in [0.5, 0.6) is 5.75 Å². The van der Waals surface area contributed by atoms with Gasteiger partial charge in [0.05, 0.1) is 37.2 Å². The molecule has 2 amide bonds. The van der Waals surface area contributed by atoms with Gasteiger partial charge in [0.1, 0.15) is 5.75 Å². The van der Waals surface area contributed by atoms with Crippen LogP contribution in [0.3, 0.4) is 0 Å². The van der Waals surface area contributed by atoms with Crippen LogP contribution >= 0.6 is 0 Å². The van der Waals surface area contributed by atoms with Crippen LogP contribution in [-0.4, -0.2) is 63.9 Å². The molecule has 4 aromatic carbocycles. The van der Waals surface area contributed by atoms with Gasteiger partial charge in [-0.2, -0.15) is 0 Å². The predicted molar refractivity (Wildman–Crippen MR) is 189 cm³/mol. The molecular formula is C37H44N4O6S. The van der Waals surface area contributed by atoms with Crippen LogP contribution in [-0.2, 0) is 23.0 Å². The molecule has 0 radical (unpaired) electrons.